The molecule has 1 aliphatic carbocycles. The summed E-state index contributed by atoms with van der Waals surface area (Å²) in [7, 11) is 0. The van der Waals surface area contributed by atoms with E-state index in [1.54, 1.807) is 11.3 Å². The van der Waals surface area contributed by atoms with E-state index in [2.05, 4.69) is 32.2 Å². The maximum absolute atomic E-state index is 6.08. The molecule has 102 valence electrons. The fraction of sp³-hybridized carbons (Fsp3) is 0.733. The van der Waals surface area contributed by atoms with Gasteiger partial charge in [0.15, 0.2) is 0 Å². The average Bonchev–Trinajstić information content (AvgIpc) is 2.72. The topological polar surface area (TPSA) is 12.0 Å². The van der Waals surface area contributed by atoms with Crippen LogP contribution in [0.3, 0.4) is 0 Å². The van der Waals surface area contributed by atoms with Gasteiger partial charge >= 0.3 is 0 Å². The lowest BCUT2D eigenvalue weighted by molar-refractivity contribution is 0.272. The standard InChI is InChI=1S/C15H24ClNS/c1-15(2,3)17-10-11-6-4-5-7-12(11)13-8-9-14(16)18-13/h8-9,11-12,17H,4-7,10H2,1-3H3. The van der Waals surface area contributed by atoms with Crippen molar-refractivity contribution in [1.29, 1.82) is 0 Å². The molecule has 0 aliphatic heterocycles. The Balaban J connectivity index is 2.02. The van der Waals surface area contributed by atoms with Gasteiger partial charge in [-0.25, -0.2) is 0 Å². The third-order valence-corrected chi connectivity index (χ3v) is 5.13. The molecule has 0 radical (unpaired) electrons. The summed E-state index contributed by atoms with van der Waals surface area (Å²) in [5.41, 5.74) is 0.217. The molecule has 1 N–H and O–H groups in total. The molecule has 1 saturated carbocycles. The van der Waals surface area contributed by atoms with Crippen molar-refractivity contribution in [3.05, 3.63) is 21.3 Å². The predicted octanol–water partition coefficient (Wildman–Crippen LogP) is 5.06. The Labute approximate surface area is 120 Å². The number of hydrogen-bond donors (Lipinski definition) is 1. The fourth-order valence-corrected chi connectivity index (χ4v) is 4.08. The molecule has 0 spiro atoms. The van der Waals surface area contributed by atoms with Crippen molar-refractivity contribution in [3.8, 4) is 0 Å². The van der Waals surface area contributed by atoms with Gasteiger partial charge in [0.05, 0.1) is 4.34 Å². The van der Waals surface area contributed by atoms with Crippen LogP contribution in [0.2, 0.25) is 4.34 Å². The summed E-state index contributed by atoms with van der Waals surface area (Å²) in [6, 6.07) is 4.28. The number of rotatable bonds is 3. The highest BCUT2D eigenvalue weighted by molar-refractivity contribution is 7.16. The molecule has 0 bridgehead atoms. The van der Waals surface area contributed by atoms with Gasteiger partial charge in [0, 0.05) is 10.4 Å². The van der Waals surface area contributed by atoms with E-state index in [0.29, 0.717) is 5.92 Å². The molecule has 0 amide bonds. The summed E-state index contributed by atoms with van der Waals surface area (Å²) in [4.78, 5) is 1.49. The second-order valence-corrected chi connectivity index (χ2v) is 8.17. The van der Waals surface area contributed by atoms with E-state index in [9.17, 15) is 0 Å². The minimum Gasteiger partial charge on any atom is -0.312 e. The molecule has 1 aromatic rings. The summed E-state index contributed by atoms with van der Waals surface area (Å²) in [6.45, 7) is 7.86. The van der Waals surface area contributed by atoms with Gasteiger partial charge in [-0.15, -0.1) is 11.3 Å². The van der Waals surface area contributed by atoms with Crippen LogP contribution in [0.5, 0.6) is 0 Å². The molecule has 1 aliphatic rings. The molecule has 0 aromatic carbocycles. The molecule has 1 fully saturated rings. The van der Waals surface area contributed by atoms with Crippen LogP contribution < -0.4 is 5.32 Å². The normalized spacial score (nSPS) is 25.3. The van der Waals surface area contributed by atoms with Crippen molar-refractivity contribution in [1.82, 2.24) is 5.32 Å². The Morgan fingerprint density at radius 3 is 2.61 bits per heavy atom. The largest absolute Gasteiger partial charge is 0.312 e. The van der Waals surface area contributed by atoms with Crippen LogP contribution in [0.25, 0.3) is 0 Å². The van der Waals surface area contributed by atoms with E-state index in [0.717, 1.165) is 16.8 Å². The lowest BCUT2D eigenvalue weighted by Gasteiger charge is -2.33. The van der Waals surface area contributed by atoms with E-state index >= 15 is 0 Å². The molecule has 2 atom stereocenters. The molecule has 1 heterocycles. The lowest BCUT2D eigenvalue weighted by Crippen LogP contribution is -2.41. The highest BCUT2D eigenvalue weighted by atomic mass is 35.5. The summed E-state index contributed by atoms with van der Waals surface area (Å²) in [5.74, 6) is 1.48. The molecule has 3 heteroatoms. The van der Waals surface area contributed by atoms with Gasteiger partial charge in [-0.2, -0.15) is 0 Å². The molecule has 0 saturated heterocycles. The third kappa shape index (κ3) is 3.97. The smallest absolute Gasteiger partial charge is 0.0931 e. The zero-order valence-corrected chi connectivity index (χ0v) is 13.2. The Hall–Kier alpha value is -0.0500. The van der Waals surface area contributed by atoms with Crippen LogP contribution in [-0.4, -0.2) is 12.1 Å². The van der Waals surface area contributed by atoms with E-state index in [4.69, 9.17) is 11.6 Å². The Kier molecular flexibility index (Phi) is 4.74. The first-order chi connectivity index (χ1) is 8.46. The summed E-state index contributed by atoms with van der Waals surface area (Å²) < 4.78 is 0.929. The molecule has 2 rings (SSSR count). The monoisotopic (exact) mass is 285 g/mol. The maximum atomic E-state index is 6.08. The number of hydrogen-bond acceptors (Lipinski definition) is 2. The Bertz CT molecular complexity index is 380. The quantitative estimate of drug-likeness (QED) is 0.818. The summed E-state index contributed by atoms with van der Waals surface area (Å²) in [5, 5.41) is 3.67. The van der Waals surface area contributed by atoms with Gasteiger partial charge in [0.2, 0.25) is 0 Å². The second kappa shape index (κ2) is 5.94. The molecule has 1 nitrogen and oxygen atoms in total. The van der Waals surface area contributed by atoms with Crippen molar-refractivity contribution in [2.75, 3.05) is 6.54 Å². The third-order valence-electron chi connectivity index (χ3n) is 3.76. The van der Waals surface area contributed by atoms with Crippen LogP contribution in [-0.2, 0) is 0 Å². The number of halogens is 1. The van der Waals surface area contributed by atoms with Gasteiger partial charge in [-0.1, -0.05) is 24.4 Å². The zero-order chi connectivity index (χ0) is 13.2. The van der Waals surface area contributed by atoms with E-state index in [1.807, 2.05) is 6.07 Å². The van der Waals surface area contributed by atoms with Gasteiger partial charge in [-0.3, -0.25) is 0 Å². The van der Waals surface area contributed by atoms with Crippen LogP contribution in [0.15, 0.2) is 12.1 Å². The number of thiophene rings is 1. The van der Waals surface area contributed by atoms with Crippen LogP contribution >= 0.6 is 22.9 Å². The van der Waals surface area contributed by atoms with Gasteiger partial charge in [-0.05, 0) is 64.1 Å². The SMILES string of the molecule is CC(C)(C)NCC1CCCCC1c1ccc(Cl)s1. The Morgan fingerprint density at radius 2 is 2.00 bits per heavy atom. The first-order valence-corrected chi connectivity index (χ1v) is 8.15. The van der Waals surface area contributed by atoms with E-state index in [-0.39, 0.29) is 5.54 Å². The van der Waals surface area contributed by atoms with Gasteiger partial charge in [0.1, 0.15) is 0 Å². The molecule has 2 unspecified atom stereocenters. The van der Waals surface area contributed by atoms with Crippen LogP contribution in [0.1, 0.15) is 57.2 Å². The highest BCUT2D eigenvalue weighted by Crippen LogP contribution is 2.41. The molecule has 18 heavy (non-hydrogen) atoms. The first kappa shape index (κ1) is 14.4. The van der Waals surface area contributed by atoms with E-state index < -0.39 is 0 Å². The van der Waals surface area contributed by atoms with Crippen molar-refractivity contribution in [2.45, 2.75) is 57.9 Å². The minimum atomic E-state index is 0.217. The molecule has 1 aromatic heterocycles. The second-order valence-electron chi connectivity index (χ2n) is 6.42. The zero-order valence-electron chi connectivity index (χ0n) is 11.6. The van der Waals surface area contributed by atoms with Crippen molar-refractivity contribution >= 4 is 22.9 Å². The average molecular weight is 286 g/mol. The lowest BCUT2D eigenvalue weighted by atomic mass is 9.78. The van der Waals surface area contributed by atoms with E-state index in [1.165, 1.54) is 30.6 Å². The summed E-state index contributed by atoms with van der Waals surface area (Å²) in [6.07, 6.45) is 5.43. The van der Waals surface area contributed by atoms with Crippen molar-refractivity contribution in [2.24, 2.45) is 5.92 Å². The predicted molar refractivity (Wildman–Crippen MR) is 81.8 cm³/mol. The fourth-order valence-electron chi connectivity index (χ4n) is 2.79. The maximum Gasteiger partial charge on any atom is 0.0931 e. The van der Waals surface area contributed by atoms with Crippen molar-refractivity contribution < 1.29 is 0 Å². The molecular formula is C15H24ClNS. The van der Waals surface area contributed by atoms with Gasteiger partial charge in [0.25, 0.3) is 0 Å². The van der Waals surface area contributed by atoms with Gasteiger partial charge < -0.3 is 5.32 Å². The summed E-state index contributed by atoms with van der Waals surface area (Å²) >= 11 is 7.85. The van der Waals surface area contributed by atoms with Crippen LogP contribution in [0.4, 0.5) is 0 Å². The molecular weight excluding hydrogens is 262 g/mol. The Morgan fingerprint density at radius 1 is 1.28 bits per heavy atom. The first-order valence-electron chi connectivity index (χ1n) is 6.96. The van der Waals surface area contributed by atoms with Crippen molar-refractivity contribution in [3.63, 3.8) is 0 Å². The number of nitrogens with one attached hydrogen (secondary N) is 1. The highest BCUT2D eigenvalue weighted by Gasteiger charge is 2.28. The minimum absolute atomic E-state index is 0.217. The van der Waals surface area contributed by atoms with Crippen LogP contribution in [0, 0.1) is 5.92 Å².